The van der Waals surface area contributed by atoms with Crippen LogP contribution in [0.4, 0.5) is 0 Å². The van der Waals surface area contributed by atoms with Gasteiger partial charge in [-0.3, -0.25) is 4.57 Å². The van der Waals surface area contributed by atoms with E-state index in [4.69, 9.17) is 28.7 Å². The average molecular weight is 928 g/mol. The van der Waals surface area contributed by atoms with Gasteiger partial charge in [0.15, 0.2) is 11.6 Å². The van der Waals surface area contributed by atoms with E-state index in [1.165, 1.54) is 6.07 Å². The minimum atomic E-state index is -0.564. The highest BCUT2D eigenvalue weighted by Gasteiger charge is 2.24. The molecule has 0 radical (unpaired) electrons. The molecule has 5 heteroatoms. The van der Waals surface area contributed by atoms with Gasteiger partial charge >= 0.3 is 0 Å². The van der Waals surface area contributed by atoms with Gasteiger partial charge in [0, 0.05) is 38.4 Å². The molecular formula is C67H43N5. The maximum absolute atomic E-state index is 9.14. The second-order valence-corrected chi connectivity index (χ2v) is 17.6. The van der Waals surface area contributed by atoms with Crippen molar-refractivity contribution >= 4 is 54.4 Å². The lowest BCUT2D eigenvalue weighted by Gasteiger charge is -2.16. The quantitative estimate of drug-likeness (QED) is 0.153. The Balaban J connectivity index is 1.05. The van der Waals surface area contributed by atoms with Crippen molar-refractivity contribution < 1.29 is 13.7 Å². The molecular weight excluding hydrogens is 875 g/mol. The van der Waals surface area contributed by atoms with Gasteiger partial charge in [0.1, 0.15) is 0 Å². The van der Waals surface area contributed by atoms with Gasteiger partial charge in [-0.1, -0.05) is 230 Å². The molecule has 0 bridgehead atoms. The molecule has 3 aromatic heterocycles. The Morgan fingerprint density at radius 2 is 0.778 bits per heavy atom. The van der Waals surface area contributed by atoms with Crippen molar-refractivity contribution in [3.63, 3.8) is 0 Å². The van der Waals surface area contributed by atoms with Crippen molar-refractivity contribution in [1.82, 2.24) is 24.1 Å². The summed E-state index contributed by atoms with van der Waals surface area (Å²) in [6.07, 6.45) is 0. The first-order valence-corrected chi connectivity index (χ1v) is 23.6. The van der Waals surface area contributed by atoms with Crippen LogP contribution in [0.5, 0.6) is 0 Å². The number of fused-ring (bicyclic) bond motifs is 8. The number of rotatable bonds is 8. The third kappa shape index (κ3) is 6.90. The largest absolute Gasteiger partial charge is 0.307 e. The van der Waals surface area contributed by atoms with E-state index in [-0.39, 0.29) is 22.3 Å². The maximum Gasteiger partial charge on any atom is 0.238 e. The van der Waals surface area contributed by atoms with Gasteiger partial charge < -0.3 is 4.57 Å². The zero-order valence-electron chi connectivity index (χ0n) is 48.3. The standard InChI is InChI=1S/C67H43N5/c1-5-19-44(20-6-1)51-41-52(45-21-7-2-8-22-45)43-53(42-51)71-60-33-15-13-29-56(60)58-39-40-59-57-30-14-16-34-61(57)72(64(59)63(58)71)67-69-65(49-25-11-4-12-26-49)68-66(70-67)50-37-35-47(36-38-50)55-32-18-28-48-27-17-31-54(62(48)55)46-23-9-3-10-24-46/h1-43H/i1D,2D,5D,6D,7D,8D,19D,20D,21D,22D. The molecule has 3 heterocycles. The summed E-state index contributed by atoms with van der Waals surface area (Å²) in [5.41, 5.74) is 9.40. The fraction of sp³-hybridized carbons (Fsp3) is 0. The zero-order chi connectivity index (χ0) is 56.2. The summed E-state index contributed by atoms with van der Waals surface area (Å²) in [5.74, 6) is 1.21. The highest BCUT2D eigenvalue weighted by molar-refractivity contribution is 6.23. The number of hydrogen-bond acceptors (Lipinski definition) is 3. The smallest absolute Gasteiger partial charge is 0.238 e. The van der Waals surface area contributed by atoms with Crippen LogP contribution in [-0.2, 0) is 0 Å². The molecule has 0 aliphatic rings. The molecule has 11 aromatic carbocycles. The first-order chi connectivity index (χ1) is 39.9. The lowest BCUT2D eigenvalue weighted by atomic mass is 9.91. The minimum absolute atomic E-state index is 0.116. The van der Waals surface area contributed by atoms with E-state index in [1.807, 2.05) is 100 Å². The summed E-state index contributed by atoms with van der Waals surface area (Å²) in [5, 5.41) is 5.74. The van der Waals surface area contributed by atoms with Gasteiger partial charge in [0.25, 0.3) is 0 Å². The van der Waals surface area contributed by atoms with Crippen molar-refractivity contribution in [3.8, 4) is 78.9 Å². The lowest BCUT2D eigenvalue weighted by Crippen LogP contribution is -2.07. The van der Waals surface area contributed by atoms with Crippen LogP contribution in [-0.4, -0.2) is 24.1 Å². The molecule has 0 saturated heterocycles. The Bertz CT molecular complexity index is 4830. The monoisotopic (exact) mass is 927 g/mol. The van der Waals surface area contributed by atoms with Crippen molar-refractivity contribution in [1.29, 1.82) is 0 Å². The van der Waals surface area contributed by atoms with Crippen LogP contribution in [0, 0.1) is 0 Å². The Hall–Kier alpha value is -9.71. The fourth-order valence-electron chi connectivity index (χ4n) is 10.3. The van der Waals surface area contributed by atoms with E-state index in [1.54, 1.807) is 12.1 Å². The Morgan fingerprint density at radius 1 is 0.319 bits per heavy atom. The number of nitrogens with zero attached hydrogens (tertiary/aromatic N) is 5. The highest BCUT2D eigenvalue weighted by Crippen LogP contribution is 2.43. The van der Waals surface area contributed by atoms with Gasteiger partial charge in [-0.2, -0.15) is 9.97 Å². The third-order valence-electron chi connectivity index (χ3n) is 13.5. The summed E-state index contributed by atoms with van der Waals surface area (Å²) < 4.78 is 92.3. The molecule has 0 N–H and O–H groups in total. The van der Waals surface area contributed by atoms with Crippen LogP contribution in [0.25, 0.3) is 133 Å². The summed E-state index contributed by atoms with van der Waals surface area (Å²) in [4.78, 5) is 15.9. The predicted molar refractivity (Wildman–Crippen MR) is 299 cm³/mol. The summed E-state index contributed by atoms with van der Waals surface area (Å²) in [6.45, 7) is 0. The summed E-state index contributed by atoms with van der Waals surface area (Å²) in [7, 11) is 0. The van der Waals surface area contributed by atoms with Gasteiger partial charge in [0.05, 0.1) is 35.8 Å². The number of aromatic nitrogens is 5. The molecule has 0 aliphatic heterocycles. The molecule has 0 saturated carbocycles. The van der Waals surface area contributed by atoms with Gasteiger partial charge in [0.2, 0.25) is 5.95 Å². The topological polar surface area (TPSA) is 48.5 Å². The van der Waals surface area contributed by atoms with E-state index in [9.17, 15) is 0 Å². The van der Waals surface area contributed by atoms with E-state index in [0.29, 0.717) is 34.3 Å². The van der Waals surface area contributed by atoms with Gasteiger partial charge in [-0.25, -0.2) is 4.98 Å². The number of benzene rings is 11. The van der Waals surface area contributed by atoms with E-state index in [0.717, 1.165) is 76.7 Å². The first-order valence-electron chi connectivity index (χ1n) is 28.6. The molecule has 72 heavy (non-hydrogen) atoms. The van der Waals surface area contributed by atoms with Crippen molar-refractivity contribution in [2.24, 2.45) is 0 Å². The molecule has 14 aromatic rings. The van der Waals surface area contributed by atoms with Crippen LogP contribution in [0.3, 0.4) is 0 Å². The molecule has 5 nitrogen and oxygen atoms in total. The van der Waals surface area contributed by atoms with Gasteiger partial charge in [-0.05, 0) is 85.6 Å². The van der Waals surface area contributed by atoms with Crippen LogP contribution < -0.4 is 0 Å². The highest BCUT2D eigenvalue weighted by atomic mass is 15.2. The molecule has 336 valence electrons. The van der Waals surface area contributed by atoms with Crippen molar-refractivity contribution in [2.45, 2.75) is 0 Å². The van der Waals surface area contributed by atoms with Crippen LogP contribution in [0.1, 0.15) is 13.7 Å². The minimum Gasteiger partial charge on any atom is -0.307 e. The van der Waals surface area contributed by atoms with Crippen LogP contribution in [0.2, 0.25) is 0 Å². The number of hydrogen-bond donors (Lipinski definition) is 0. The molecule has 0 spiro atoms. The zero-order valence-corrected chi connectivity index (χ0v) is 38.3. The molecule has 0 amide bonds. The molecule has 0 atom stereocenters. The van der Waals surface area contributed by atoms with Crippen molar-refractivity contribution in [3.05, 3.63) is 261 Å². The molecule has 0 aliphatic carbocycles. The van der Waals surface area contributed by atoms with E-state index >= 15 is 0 Å². The maximum atomic E-state index is 9.14. The summed E-state index contributed by atoms with van der Waals surface area (Å²) in [6, 6.07) is 61.1. The average Bonchev–Trinajstić information content (AvgIpc) is 1.87. The Morgan fingerprint density at radius 3 is 1.35 bits per heavy atom. The van der Waals surface area contributed by atoms with Crippen molar-refractivity contribution in [2.75, 3.05) is 0 Å². The lowest BCUT2D eigenvalue weighted by molar-refractivity contribution is 0.953. The summed E-state index contributed by atoms with van der Waals surface area (Å²) >= 11 is 0. The fourth-order valence-corrected chi connectivity index (χ4v) is 10.3. The van der Waals surface area contributed by atoms with Crippen LogP contribution in [0.15, 0.2) is 261 Å². The molecule has 0 fully saturated rings. The SMILES string of the molecule is [2H]c1c([2H])c([2H])c(-c2cc(-c3c([2H])c([2H])c([2H])c([2H])c3[2H])cc(-n3c4ccccc4c4ccc5c6ccccc6n(-c6nc(-c7ccccc7)nc(-c7ccc(-c8cccc9cccc(-c%10ccccc%10)c89)cc7)n6)c5c43)c2)c([2H])c1[2H]. The Labute approximate surface area is 430 Å². The van der Waals surface area contributed by atoms with E-state index in [2.05, 4.69) is 91.0 Å². The van der Waals surface area contributed by atoms with E-state index < -0.39 is 60.4 Å². The predicted octanol–water partition coefficient (Wildman–Crippen LogP) is 17.2. The van der Waals surface area contributed by atoms with Crippen LogP contribution >= 0.6 is 0 Å². The Kier molecular flexibility index (Phi) is 7.62. The van der Waals surface area contributed by atoms with Gasteiger partial charge in [-0.15, -0.1) is 0 Å². The second kappa shape index (κ2) is 17.1. The third-order valence-corrected chi connectivity index (χ3v) is 13.5. The molecule has 0 unspecified atom stereocenters. The molecule has 14 rings (SSSR count). The second-order valence-electron chi connectivity index (χ2n) is 17.6. The first kappa shape index (κ1) is 32.2. The number of para-hydroxylation sites is 2. The normalized spacial score (nSPS) is 13.6.